The van der Waals surface area contributed by atoms with Crippen LogP contribution in [0.3, 0.4) is 0 Å². The van der Waals surface area contributed by atoms with Gasteiger partial charge in [0.25, 0.3) is 0 Å². The molecule has 0 N–H and O–H groups in total. The molecule has 0 radical (unpaired) electrons. The number of hydrogen-bond donors (Lipinski definition) is 0. The molecule has 0 fully saturated rings. The smallest absolute Gasteiger partial charge is 0 e. The molecular formula is MoO3Pd-6. The predicted molar refractivity (Wildman–Crippen MR) is 2.06 cm³/mol. The Labute approximate surface area is 58.0 Å². The third-order valence-electron chi connectivity index (χ3n) is 0. The number of hydrogen-bond acceptors (Lipinski definition) is 0. The maximum atomic E-state index is 0. The predicted octanol–water partition coefficient (Wildman–Crippen LogP) is -0.361. The minimum Gasteiger partial charge on any atom is -2.00 e. The zero-order valence-electron chi connectivity index (χ0n) is 1.95. The van der Waals surface area contributed by atoms with Crippen molar-refractivity contribution in [3.05, 3.63) is 0 Å². The van der Waals surface area contributed by atoms with Crippen molar-refractivity contribution < 1.29 is 57.9 Å². The van der Waals surface area contributed by atoms with Gasteiger partial charge in [-0.1, -0.05) is 0 Å². The van der Waals surface area contributed by atoms with E-state index in [4.69, 9.17) is 0 Å². The molecule has 0 aliphatic carbocycles. The topological polar surface area (TPSA) is 85.5 Å². The van der Waals surface area contributed by atoms with Crippen molar-refractivity contribution in [1.29, 1.82) is 0 Å². The molecule has 5 heteroatoms. The molecule has 0 amide bonds. The van der Waals surface area contributed by atoms with Crippen LogP contribution < -0.4 is 0 Å². The van der Waals surface area contributed by atoms with Crippen LogP contribution in [0.4, 0.5) is 0 Å². The van der Waals surface area contributed by atoms with Gasteiger partial charge in [0.15, 0.2) is 0 Å². The van der Waals surface area contributed by atoms with E-state index < -0.39 is 0 Å². The van der Waals surface area contributed by atoms with Gasteiger partial charge in [-0.3, -0.25) is 0 Å². The summed E-state index contributed by atoms with van der Waals surface area (Å²) in [5.41, 5.74) is 0. The Morgan fingerprint density at radius 3 is 0.600 bits per heavy atom. The fourth-order valence-corrected chi connectivity index (χ4v) is 0. The molecule has 0 aromatic heterocycles. The van der Waals surface area contributed by atoms with E-state index in [9.17, 15) is 0 Å². The van der Waals surface area contributed by atoms with Gasteiger partial charge >= 0.3 is 0 Å². The van der Waals surface area contributed by atoms with Gasteiger partial charge in [0.05, 0.1) is 0 Å². The van der Waals surface area contributed by atoms with Crippen molar-refractivity contribution in [2.24, 2.45) is 0 Å². The van der Waals surface area contributed by atoms with E-state index in [0.717, 1.165) is 0 Å². The molecule has 0 aromatic rings. The minimum absolute atomic E-state index is 0. The van der Waals surface area contributed by atoms with Crippen molar-refractivity contribution in [2.45, 2.75) is 0 Å². The Bertz CT molecular complexity index is 6.85. The van der Waals surface area contributed by atoms with Crippen molar-refractivity contribution in [1.82, 2.24) is 0 Å². The first-order valence-corrected chi connectivity index (χ1v) is 0. The van der Waals surface area contributed by atoms with Gasteiger partial charge in [-0.2, -0.15) is 0 Å². The van der Waals surface area contributed by atoms with Crippen molar-refractivity contribution in [3.8, 4) is 0 Å². The van der Waals surface area contributed by atoms with Crippen LogP contribution in [0.2, 0.25) is 0 Å². The summed E-state index contributed by atoms with van der Waals surface area (Å²) in [4.78, 5) is 0. The van der Waals surface area contributed by atoms with E-state index in [2.05, 4.69) is 0 Å². The first kappa shape index (κ1) is 113. The Hall–Kier alpha value is 1.23. The van der Waals surface area contributed by atoms with Crippen molar-refractivity contribution in [2.75, 3.05) is 0 Å². The fraction of sp³-hybridized carbons (Fsp3) is 0. The average Bonchev–Trinajstić information content (AvgIpc) is 0. The summed E-state index contributed by atoms with van der Waals surface area (Å²) < 4.78 is 0. The molecule has 0 atom stereocenters. The van der Waals surface area contributed by atoms with Crippen LogP contribution in [0.15, 0.2) is 0 Å². The molecule has 0 aromatic carbocycles. The van der Waals surface area contributed by atoms with Crippen LogP contribution in [0.25, 0.3) is 0 Å². The van der Waals surface area contributed by atoms with Crippen LogP contribution in [0.5, 0.6) is 0 Å². The molecular weight excluding hydrogens is 250 g/mol. The first-order valence-electron chi connectivity index (χ1n) is 0. The zero-order valence-corrected chi connectivity index (χ0v) is 5.51. The first-order chi connectivity index (χ1) is 0. The average molecular weight is 250 g/mol. The van der Waals surface area contributed by atoms with Crippen LogP contribution in [0.1, 0.15) is 0 Å². The van der Waals surface area contributed by atoms with Crippen molar-refractivity contribution in [3.63, 3.8) is 0 Å². The monoisotopic (exact) mass is 252 g/mol. The molecule has 5 heavy (non-hydrogen) atoms. The summed E-state index contributed by atoms with van der Waals surface area (Å²) in [5, 5.41) is 0. The van der Waals surface area contributed by atoms with Gasteiger partial charge in [0.2, 0.25) is 0 Å². The molecule has 0 saturated heterocycles. The summed E-state index contributed by atoms with van der Waals surface area (Å²) in [5.74, 6) is 0. The van der Waals surface area contributed by atoms with Crippen LogP contribution in [0, 0.1) is 0 Å². The van der Waals surface area contributed by atoms with Gasteiger partial charge in [-0.05, 0) is 0 Å². The normalized spacial score (nSPS) is 0. The molecule has 0 aliphatic heterocycles. The second-order valence-corrected chi connectivity index (χ2v) is 0. The third-order valence-corrected chi connectivity index (χ3v) is 0. The Balaban J connectivity index is 0. The minimum atomic E-state index is 0. The van der Waals surface area contributed by atoms with E-state index in [1.54, 1.807) is 0 Å². The quantitative estimate of drug-likeness (QED) is 0.526. The van der Waals surface area contributed by atoms with Gasteiger partial charge in [0.1, 0.15) is 0 Å². The van der Waals surface area contributed by atoms with Crippen LogP contribution in [-0.2, 0) is 57.9 Å². The maximum absolute atomic E-state index is 0. The molecule has 0 spiro atoms. The largest absolute Gasteiger partial charge is 2.00 e. The second-order valence-electron chi connectivity index (χ2n) is 0. The molecule has 3 nitrogen and oxygen atoms in total. The molecule has 0 aliphatic rings. The summed E-state index contributed by atoms with van der Waals surface area (Å²) in [6, 6.07) is 0. The van der Waals surface area contributed by atoms with E-state index >= 15 is 0 Å². The SMILES string of the molecule is [Mo].[O-2].[O-2].[O-2].[Pd]. The molecule has 0 heterocycles. The summed E-state index contributed by atoms with van der Waals surface area (Å²) in [6.45, 7) is 0. The Morgan fingerprint density at radius 2 is 0.600 bits per heavy atom. The Kier molecular flexibility index (Phi) is 1390. The zero-order chi connectivity index (χ0) is 0. The molecule has 0 rings (SSSR count). The van der Waals surface area contributed by atoms with E-state index in [-0.39, 0.29) is 57.9 Å². The van der Waals surface area contributed by atoms with E-state index in [1.807, 2.05) is 0 Å². The Morgan fingerprint density at radius 1 is 0.600 bits per heavy atom. The molecule has 0 unspecified atom stereocenters. The standard InChI is InChI=1S/Mo.3O.Pd/q;3*-2;. The molecule has 0 saturated carbocycles. The molecule has 0 bridgehead atoms. The number of rotatable bonds is 0. The fourth-order valence-electron chi connectivity index (χ4n) is 0. The van der Waals surface area contributed by atoms with Crippen LogP contribution in [-0.4, -0.2) is 0 Å². The maximum Gasteiger partial charge on any atom is 0 e. The second kappa shape index (κ2) is 61.8. The van der Waals surface area contributed by atoms with Gasteiger partial charge in [-0.25, -0.2) is 0 Å². The van der Waals surface area contributed by atoms with Crippen molar-refractivity contribution >= 4 is 0 Å². The van der Waals surface area contributed by atoms with Gasteiger partial charge in [0, 0.05) is 41.5 Å². The van der Waals surface area contributed by atoms with E-state index in [0.29, 0.717) is 0 Å². The molecule has 40 valence electrons. The summed E-state index contributed by atoms with van der Waals surface area (Å²) in [6.07, 6.45) is 0. The van der Waals surface area contributed by atoms with E-state index in [1.165, 1.54) is 0 Å². The van der Waals surface area contributed by atoms with Gasteiger partial charge < -0.3 is 16.4 Å². The van der Waals surface area contributed by atoms with Crippen LogP contribution >= 0.6 is 0 Å². The summed E-state index contributed by atoms with van der Waals surface area (Å²) >= 11 is 0. The summed E-state index contributed by atoms with van der Waals surface area (Å²) in [7, 11) is 0. The van der Waals surface area contributed by atoms with Gasteiger partial charge in [-0.15, -0.1) is 0 Å². The third kappa shape index (κ3) is 36.0.